The summed E-state index contributed by atoms with van der Waals surface area (Å²) in [6.07, 6.45) is 0. The number of benzene rings is 10. The van der Waals surface area contributed by atoms with Gasteiger partial charge in [0.05, 0.1) is 22.7 Å². The maximum Gasteiger partial charge on any atom is 0.129 e. The summed E-state index contributed by atoms with van der Waals surface area (Å²) in [5.41, 5.74) is 8.11. The zero-order valence-electron chi connectivity index (χ0n) is 34.8. The first-order valence-corrected chi connectivity index (χ1v) is 21.5. The number of hydrogen-bond donors (Lipinski definition) is 8. The highest BCUT2D eigenvalue weighted by atomic mass is 16.3. The van der Waals surface area contributed by atoms with E-state index in [1.54, 1.807) is 0 Å². The van der Waals surface area contributed by atoms with E-state index in [2.05, 4.69) is 21.3 Å². The minimum absolute atomic E-state index is 0.0822. The van der Waals surface area contributed by atoms with Gasteiger partial charge in [-0.25, -0.2) is 0 Å². The summed E-state index contributed by atoms with van der Waals surface area (Å²) in [6, 6.07) is 55.6. The van der Waals surface area contributed by atoms with Crippen LogP contribution in [0.4, 0.5) is 22.7 Å². The Labute approximate surface area is 369 Å². The number of fused-ring (bicyclic) bond motifs is 20. The summed E-state index contributed by atoms with van der Waals surface area (Å²) in [6.45, 7) is 1.11. The van der Waals surface area contributed by atoms with Gasteiger partial charge in [0.15, 0.2) is 0 Å². The lowest BCUT2D eigenvalue weighted by molar-refractivity contribution is 0.464. The monoisotopic (exact) mass is 836 g/mol. The van der Waals surface area contributed by atoms with Crippen LogP contribution in [0.3, 0.4) is 0 Å². The second-order valence-electron chi connectivity index (χ2n) is 16.4. The topological polar surface area (TPSA) is 129 Å². The molecule has 8 heteroatoms. The van der Waals surface area contributed by atoms with Crippen LogP contribution in [0.15, 0.2) is 170 Å². The molecule has 0 saturated carbocycles. The largest absolute Gasteiger partial charge is 0.507 e. The van der Waals surface area contributed by atoms with Crippen molar-refractivity contribution < 1.29 is 20.4 Å². The molecule has 8 bridgehead atoms. The fourth-order valence-corrected chi connectivity index (χ4v) is 9.47. The average molecular weight is 837 g/mol. The lowest BCUT2D eigenvalue weighted by Crippen LogP contribution is -2.07. The Morgan fingerprint density at radius 2 is 0.469 bits per heavy atom. The van der Waals surface area contributed by atoms with Gasteiger partial charge in [0.2, 0.25) is 0 Å². The number of para-hydroxylation sites is 4. The van der Waals surface area contributed by atoms with Crippen molar-refractivity contribution in [3.63, 3.8) is 0 Å². The number of rotatable bonds is 0. The predicted molar refractivity (Wildman–Crippen MR) is 263 cm³/mol. The minimum atomic E-state index is 0.0822. The van der Waals surface area contributed by atoms with Crippen molar-refractivity contribution in [1.29, 1.82) is 0 Å². The van der Waals surface area contributed by atoms with E-state index < -0.39 is 0 Å². The summed E-state index contributed by atoms with van der Waals surface area (Å²) >= 11 is 0. The number of anilines is 4. The maximum absolute atomic E-state index is 12.4. The van der Waals surface area contributed by atoms with E-state index in [1.165, 1.54) is 0 Å². The molecule has 10 aromatic rings. The van der Waals surface area contributed by atoms with Crippen LogP contribution in [0, 0.1) is 0 Å². The number of aromatic hydroxyl groups is 4. The zero-order chi connectivity index (χ0) is 43.3. The Balaban J connectivity index is 1.11. The molecule has 8 N–H and O–H groups in total. The molecular formula is C56H44N4O4. The molecule has 0 atom stereocenters. The fourth-order valence-electron chi connectivity index (χ4n) is 9.47. The molecule has 1 aliphatic heterocycles. The normalized spacial score (nSPS) is 12.9. The highest BCUT2D eigenvalue weighted by Crippen LogP contribution is 2.50. The second kappa shape index (κ2) is 15.8. The van der Waals surface area contributed by atoms with E-state index in [1.807, 2.05) is 170 Å². The number of nitrogens with one attached hydrogen (secondary N) is 4. The van der Waals surface area contributed by atoms with Crippen LogP contribution in [0.2, 0.25) is 0 Å². The van der Waals surface area contributed by atoms with Crippen LogP contribution >= 0.6 is 0 Å². The fraction of sp³-hybridized carbons (Fsp3) is 0.0714. The highest BCUT2D eigenvalue weighted by Gasteiger charge is 2.25. The second-order valence-corrected chi connectivity index (χ2v) is 16.4. The Morgan fingerprint density at radius 1 is 0.266 bits per heavy atom. The number of phenolic OH excluding ortho intramolecular Hbond substituents is 4. The van der Waals surface area contributed by atoms with Crippen molar-refractivity contribution >= 4 is 65.8 Å². The molecule has 0 fully saturated rings. The van der Waals surface area contributed by atoms with E-state index in [-0.39, 0.29) is 49.2 Å². The Hall–Kier alpha value is -8.36. The lowest BCUT2D eigenvalue weighted by atomic mass is 9.88. The van der Waals surface area contributed by atoms with E-state index in [0.717, 1.165) is 65.8 Å². The predicted octanol–water partition coefficient (Wildman–Crippen LogP) is 13.2. The van der Waals surface area contributed by atoms with Crippen LogP contribution < -0.4 is 21.3 Å². The summed E-state index contributed by atoms with van der Waals surface area (Å²) in [5.74, 6) is 0.329. The molecule has 8 nitrogen and oxygen atoms in total. The van der Waals surface area contributed by atoms with Crippen LogP contribution in [-0.4, -0.2) is 20.4 Å². The van der Waals surface area contributed by atoms with Crippen molar-refractivity contribution in [2.24, 2.45) is 0 Å². The van der Waals surface area contributed by atoms with Gasteiger partial charge < -0.3 is 41.7 Å². The van der Waals surface area contributed by atoms with Crippen molar-refractivity contribution in [2.45, 2.75) is 26.2 Å². The average Bonchev–Trinajstić information content (AvgIpc) is 3.32. The minimum Gasteiger partial charge on any atom is -0.507 e. The molecule has 0 unspecified atom stereocenters. The Kier molecular flexibility index (Phi) is 9.54. The van der Waals surface area contributed by atoms with Gasteiger partial charge >= 0.3 is 0 Å². The van der Waals surface area contributed by atoms with Gasteiger partial charge in [-0.05, 0) is 91.6 Å². The zero-order valence-corrected chi connectivity index (χ0v) is 34.8. The smallest absolute Gasteiger partial charge is 0.129 e. The summed E-state index contributed by atoms with van der Waals surface area (Å²) in [7, 11) is 0. The third-order valence-corrected chi connectivity index (χ3v) is 12.6. The van der Waals surface area contributed by atoms with E-state index in [4.69, 9.17) is 0 Å². The molecule has 0 amide bonds. The van der Waals surface area contributed by atoms with Crippen molar-refractivity contribution in [1.82, 2.24) is 0 Å². The van der Waals surface area contributed by atoms with Crippen LogP contribution in [-0.2, 0) is 26.2 Å². The van der Waals surface area contributed by atoms with Crippen molar-refractivity contribution in [3.05, 3.63) is 192 Å². The molecule has 0 spiro atoms. The van der Waals surface area contributed by atoms with Gasteiger partial charge in [-0.2, -0.15) is 0 Å². The molecule has 0 aromatic heterocycles. The summed E-state index contributed by atoms with van der Waals surface area (Å²) < 4.78 is 0. The SMILES string of the molecule is Oc1c2cc3ccccc3c1-c1c(O)c(cc3ccccc13)CNc1ccccc1NCc1cc3ccccc3c(c1O)-c1c(O)c(cc3ccccc13)CNc1ccccc1NC2. The number of phenols is 4. The van der Waals surface area contributed by atoms with E-state index in [0.29, 0.717) is 44.5 Å². The Morgan fingerprint density at radius 3 is 0.703 bits per heavy atom. The first kappa shape index (κ1) is 38.6. The van der Waals surface area contributed by atoms with Gasteiger partial charge in [0.25, 0.3) is 0 Å². The molecule has 64 heavy (non-hydrogen) atoms. The summed E-state index contributed by atoms with van der Waals surface area (Å²) in [4.78, 5) is 0. The summed E-state index contributed by atoms with van der Waals surface area (Å²) in [5, 5.41) is 70.9. The molecule has 0 saturated heterocycles. The van der Waals surface area contributed by atoms with Gasteiger partial charge in [-0.1, -0.05) is 121 Å². The molecule has 0 radical (unpaired) electrons. The van der Waals surface area contributed by atoms with Gasteiger partial charge in [0.1, 0.15) is 23.0 Å². The van der Waals surface area contributed by atoms with Gasteiger partial charge in [0, 0.05) is 70.7 Å². The van der Waals surface area contributed by atoms with Gasteiger partial charge in [-0.3, -0.25) is 0 Å². The van der Waals surface area contributed by atoms with Crippen LogP contribution in [0.5, 0.6) is 23.0 Å². The van der Waals surface area contributed by atoms with Crippen LogP contribution in [0.1, 0.15) is 22.3 Å². The molecular weight excluding hydrogens is 793 g/mol. The standard InChI is InChI=1S/C56H44N4O4/c61-53-37-25-33-13-1-5-17-41(33)49(53)50-42-18-6-2-14-34(42)26-38(54(50)62)30-58-47-23-11-12-24-48(47)60-32-40-28-36-16-4-8-20-44(36)52(56(40)64)51-43-19-7-3-15-35(43)27-39(55(51)63)31-59-46-22-10-9-21-45(46)57-29-37/h1-28,57-64H,29-32H2. The molecule has 0 aliphatic carbocycles. The van der Waals surface area contributed by atoms with E-state index in [9.17, 15) is 20.4 Å². The molecule has 11 rings (SSSR count). The van der Waals surface area contributed by atoms with Gasteiger partial charge in [-0.15, -0.1) is 0 Å². The maximum atomic E-state index is 12.4. The number of hydrogen-bond acceptors (Lipinski definition) is 8. The van der Waals surface area contributed by atoms with E-state index >= 15 is 0 Å². The van der Waals surface area contributed by atoms with Crippen molar-refractivity contribution in [3.8, 4) is 45.3 Å². The first-order chi connectivity index (χ1) is 31.4. The third-order valence-electron chi connectivity index (χ3n) is 12.6. The first-order valence-electron chi connectivity index (χ1n) is 21.5. The Bertz CT molecular complexity index is 3020. The third kappa shape index (κ3) is 6.64. The quantitative estimate of drug-likeness (QED) is 0.0758. The molecule has 312 valence electrons. The molecule has 1 aliphatic rings. The highest BCUT2D eigenvalue weighted by molar-refractivity contribution is 6.12. The lowest BCUT2D eigenvalue weighted by Gasteiger charge is -2.22. The molecule has 1 heterocycles. The van der Waals surface area contributed by atoms with Crippen LogP contribution in [0.25, 0.3) is 65.3 Å². The van der Waals surface area contributed by atoms with Crippen molar-refractivity contribution in [2.75, 3.05) is 21.3 Å². The molecule has 10 aromatic carbocycles.